The smallest absolute Gasteiger partial charge is 0.417 e. The quantitative estimate of drug-likeness (QED) is 0.428. The summed E-state index contributed by atoms with van der Waals surface area (Å²) < 4.78 is 46.2. The van der Waals surface area contributed by atoms with Crippen molar-refractivity contribution in [1.82, 2.24) is 4.98 Å². The number of rotatable bonds is 7. The molecule has 2 N–H and O–H groups in total. The van der Waals surface area contributed by atoms with Gasteiger partial charge in [0.15, 0.2) is 0 Å². The highest BCUT2D eigenvalue weighted by atomic mass is 32.2. The minimum atomic E-state index is -4.42. The zero-order chi connectivity index (χ0) is 21.7. The molecule has 0 radical (unpaired) electrons. The number of alkyl halides is 3. The number of anilines is 1. The van der Waals surface area contributed by atoms with E-state index in [9.17, 15) is 23.1 Å². The summed E-state index contributed by atoms with van der Waals surface area (Å²) >= 11 is 1.07. The van der Waals surface area contributed by atoms with E-state index >= 15 is 0 Å². The van der Waals surface area contributed by atoms with Gasteiger partial charge in [-0.15, -0.1) is 0 Å². The number of carbonyl (C=O) groups excluding carboxylic acids is 1. The molecule has 0 bridgehead atoms. The lowest BCUT2D eigenvalue weighted by atomic mass is 9.98. The third kappa shape index (κ3) is 5.69. The standard InChI is InChI=1S/C21H21F3N2O3S/c1-2-4-16-11-18(27)17(20(28)29-16)10-13-5-3-6-15(9-13)26-30-19-8-7-14(12-25-19)21(22,23)24/h3,5-9,12,16,26-27H,2,4,10-11H2,1H3. The summed E-state index contributed by atoms with van der Waals surface area (Å²) in [5, 5.41) is 10.7. The van der Waals surface area contributed by atoms with Crippen LogP contribution in [0.1, 0.15) is 37.3 Å². The number of aliphatic hydroxyl groups excluding tert-OH is 1. The van der Waals surface area contributed by atoms with Crippen LogP contribution < -0.4 is 4.72 Å². The van der Waals surface area contributed by atoms with Crippen molar-refractivity contribution >= 4 is 23.6 Å². The highest BCUT2D eigenvalue weighted by Crippen LogP contribution is 2.30. The Morgan fingerprint density at radius 1 is 1.30 bits per heavy atom. The molecule has 5 nitrogen and oxygen atoms in total. The van der Waals surface area contributed by atoms with E-state index in [0.717, 1.165) is 36.2 Å². The van der Waals surface area contributed by atoms with E-state index in [1.165, 1.54) is 6.07 Å². The van der Waals surface area contributed by atoms with Crippen LogP contribution in [0.2, 0.25) is 0 Å². The van der Waals surface area contributed by atoms with Crippen molar-refractivity contribution in [2.75, 3.05) is 4.72 Å². The lowest BCUT2D eigenvalue weighted by Gasteiger charge is -2.24. The molecule has 30 heavy (non-hydrogen) atoms. The van der Waals surface area contributed by atoms with Gasteiger partial charge in [-0.25, -0.2) is 9.78 Å². The van der Waals surface area contributed by atoms with Gasteiger partial charge < -0.3 is 14.6 Å². The number of hydrogen-bond acceptors (Lipinski definition) is 6. The molecule has 0 amide bonds. The number of cyclic esters (lactones) is 1. The summed E-state index contributed by atoms with van der Waals surface area (Å²) in [6.45, 7) is 1.99. The number of hydrogen-bond donors (Lipinski definition) is 2. The van der Waals surface area contributed by atoms with E-state index < -0.39 is 17.7 Å². The maximum atomic E-state index is 12.6. The van der Waals surface area contributed by atoms with Crippen molar-refractivity contribution in [2.45, 2.75) is 49.9 Å². The van der Waals surface area contributed by atoms with Gasteiger partial charge in [0.25, 0.3) is 0 Å². The fraction of sp³-hybridized carbons (Fsp3) is 0.333. The van der Waals surface area contributed by atoms with Gasteiger partial charge in [0.1, 0.15) is 16.9 Å². The van der Waals surface area contributed by atoms with E-state index in [1.807, 2.05) is 13.0 Å². The molecule has 1 aliphatic rings. The predicted molar refractivity (Wildman–Crippen MR) is 108 cm³/mol. The first-order chi connectivity index (χ1) is 14.3. The largest absolute Gasteiger partial charge is 0.512 e. The fourth-order valence-corrected chi connectivity index (χ4v) is 3.64. The lowest BCUT2D eigenvalue weighted by Crippen LogP contribution is -2.27. The number of halogens is 3. The zero-order valence-electron chi connectivity index (χ0n) is 16.2. The van der Waals surface area contributed by atoms with Crippen molar-refractivity contribution in [2.24, 2.45) is 0 Å². The number of aliphatic hydroxyl groups is 1. The van der Waals surface area contributed by atoms with Gasteiger partial charge in [-0.2, -0.15) is 13.2 Å². The summed E-state index contributed by atoms with van der Waals surface area (Å²) in [5.41, 5.74) is 0.916. The van der Waals surface area contributed by atoms with Crippen molar-refractivity contribution in [3.63, 3.8) is 0 Å². The Kier molecular flexibility index (Phi) is 6.91. The topological polar surface area (TPSA) is 71.5 Å². The Morgan fingerprint density at radius 2 is 2.10 bits per heavy atom. The fourth-order valence-electron chi connectivity index (χ4n) is 3.05. The van der Waals surface area contributed by atoms with Crippen LogP contribution in [0.3, 0.4) is 0 Å². The number of esters is 1. The predicted octanol–water partition coefficient (Wildman–Crippen LogP) is 5.69. The maximum absolute atomic E-state index is 12.6. The molecule has 2 heterocycles. The van der Waals surface area contributed by atoms with Crippen molar-refractivity contribution < 1.29 is 27.8 Å². The van der Waals surface area contributed by atoms with E-state index in [1.54, 1.807) is 18.2 Å². The van der Waals surface area contributed by atoms with Crippen LogP contribution in [-0.2, 0) is 22.1 Å². The second kappa shape index (κ2) is 9.42. The monoisotopic (exact) mass is 438 g/mol. The molecule has 0 saturated carbocycles. The number of carbonyl (C=O) groups is 1. The van der Waals surface area contributed by atoms with Crippen molar-refractivity contribution in [1.29, 1.82) is 0 Å². The average Bonchev–Trinajstić information content (AvgIpc) is 2.69. The average molecular weight is 438 g/mol. The van der Waals surface area contributed by atoms with Crippen molar-refractivity contribution in [3.8, 4) is 0 Å². The molecule has 9 heteroatoms. The molecule has 0 saturated heterocycles. The summed E-state index contributed by atoms with van der Waals surface area (Å²) in [4.78, 5) is 16.0. The molecule has 1 unspecified atom stereocenters. The third-order valence-corrected chi connectivity index (χ3v) is 5.33. The molecule has 3 rings (SSSR count). The highest BCUT2D eigenvalue weighted by Gasteiger charge is 2.31. The van der Waals surface area contributed by atoms with Crippen LogP contribution in [0.15, 0.2) is 59.0 Å². The first kappa shape index (κ1) is 22.0. The lowest BCUT2D eigenvalue weighted by molar-refractivity contribution is -0.147. The minimum absolute atomic E-state index is 0.0615. The molecule has 1 aliphatic heterocycles. The summed E-state index contributed by atoms with van der Waals surface area (Å²) in [6, 6.07) is 9.44. The Balaban J connectivity index is 1.64. The maximum Gasteiger partial charge on any atom is 0.417 e. The number of ether oxygens (including phenoxy) is 1. The van der Waals surface area contributed by atoms with Gasteiger partial charge in [0.05, 0.1) is 11.1 Å². The summed E-state index contributed by atoms with van der Waals surface area (Å²) in [5.74, 6) is -0.440. The Bertz CT molecular complexity index is 930. The zero-order valence-corrected chi connectivity index (χ0v) is 17.0. The summed E-state index contributed by atoms with van der Waals surface area (Å²) in [6.07, 6.45) is -1.81. The van der Waals surface area contributed by atoms with Gasteiger partial charge in [-0.05, 0) is 36.2 Å². The molecule has 1 aromatic heterocycles. The molecule has 0 spiro atoms. The van der Waals surface area contributed by atoms with Crippen LogP contribution in [-0.4, -0.2) is 22.2 Å². The second-order valence-electron chi connectivity index (χ2n) is 6.91. The van der Waals surface area contributed by atoms with Gasteiger partial charge in [-0.1, -0.05) is 25.5 Å². The Morgan fingerprint density at radius 3 is 2.73 bits per heavy atom. The van der Waals surface area contributed by atoms with Gasteiger partial charge in [-0.3, -0.25) is 0 Å². The van der Waals surface area contributed by atoms with Gasteiger partial charge >= 0.3 is 12.1 Å². The minimum Gasteiger partial charge on any atom is -0.512 e. The third-order valence-electron chi connectivity index (χ3n) is 4.55. The number of aromatic nitrogens is 1. The number of pyridine rings is 1. The van der Waals surface area contributed by atoms with E-state index in [4.69, 9.17) is 4.74 Å². The molecule has 2 aromatic rings. The van der Waals surface area contributed by atoms with E-state index in [-0.39, 0.29) is 23.9 Å². The first-order valence-corrected chi connectivity index (χ1v) is 10.2. The molecule has 1 atom stereocenters. The van der Waals surface area contributed by atoms with E-state index in [0.29, 0.717) is 23.6 Å². The Labute approximate surface area is 176 Å². The van der Waals surface area contributed by atoms with E-state index in [2.05, 4.69) is 9.71 Å². The number of nitrogens with one attached hydrogen (secondary N) is 1. The molecule has 0 aliphatic carbocycles. The van der Waals surface area contributed by atoms with Crippen LogP contribution in [0, 0.1) is 0 Å². The first-order valence-electron chi connectivity index (χ1n) is 9.43. The molecule has 160 valence electrons. The van der Waals surface area contributed by atoms with Crippen molar-refractivity contribution in [3.05, 3.63) is 65.1 Å². The second-order valence-corrected chi connectivity index (χ2v) is 7.74. The number of benzene rings is 1. The highest BCUT2D eigenvalue weighted by molar-refractivity contribution is 8.00. The van der Waals surface area contributed by atoms with Crippen LogP contribution in [0.5, 0.6) is 0 Å². The van der Waals surface area contributed by atoms with Gasteiger partial charge in [0.2, 0.25) is 0 Å². The van der Waals surface area contributed by atoms with Crippen LogP contribution in [0.25, 0.3) is 0 Å². The molecular weight excluding hydrogens is 417 g/mol. The van der Waals surface area contributed by atoms with Crippen LogP contribution in [0.4, 0.5) is 18.9 Å². The SMILES string of the molecule is CCCC1CC(O)=C(Cc2cccc(NSc3ccc(C(F)(F)F)cn3)c2)C(=O)O1. The molecular formula is C21H21F3N2O3S. The molecule has 1 aromatic carbocycles. The van der Waals surface area contributed by atoms with Crippen LogP contribution >= 0.6 is 11.9 Å². The van der Waals surface area contributed by atoms with Gasteiger partial charge in [0, 0.05) is 36.7 Å². The normalized spacial score (nSPS) is 17.1. The Hall–Kier alpha value is -2.68. The molecule has 0 fully saturated rings. The summed E-state index contributed by atoms with van der Waals surface area (Å²) in [7, 11) is 0. The number of nitrogens with zero attached hydrogens (tertiary/aromatic N) is 1.